The van der Waals surface area contributed by atoms with Gasteiger partial charge >= 0.3 is 0 Å². The Kier molecular flexibility index (Phi) is 9.17. The van der Waals surface area contributed by atoms with Gasteiger partial charge in [0.15, 0.2) is 0 Å². The first-order chi connectivity index (χ1) is 29.8. The Hall–Kier alpha value is -0.240. The highest BCUT2D eigenvalue weighted by Crippen LogP contribution is 2.73. The van der Waals surface area contributed by atoms with Crippen LogP contribution in [0.5, 0.6) is 0 Å². The van der Waals surface area contributed by atoms with E-state index in [-0.39, 0.29) is 0 Å². The van der Waals surface area contributed by atoms with E-state index in [9.17, 15) is 0 Å². The van der Waals surface area contributed by atoms with E-state index in [1.165, 1.54) is 148 Å². The summed E-state index contributed by atoms with van der Waals surface area (Å²) in [7, 11) is 0. The van der Waals surface area contributed by atoms with Crippen LogP contribution < -0.4 is 0 Å². The van der Waals surface area contributed by atoms with Gasteiger partial charge in [-0.1, -0.05) is 66.7 Å². The molecule has 20 fully saturated rings. The fourth-order valence-corrected chi connectivity index (χ4v) is 20.5. The van der Waals surface area contributed by atoms with Crippen LogP contribution >= 0.6 is 0 Å². The molecule has 20 rings (SSSR count). The minimum atomic E-state index is 0.312. The fraction of sp³-hybridized carbons (Fsp3) is 1.00. The summed E-state index contributed by atoms with van der Waals surface area (Å²) in [5, 5.41) is 0. The zero-order valence-electron chi connectivity index (χ0n) is 39.9. The van der Waals surface area contributed by atoms with Crippen molar-refractivity contribution >= 4 is 0 Å². The van der Waals surface area contributed by atoms with Gasteiger partial charge in [-0.25, -0.2) is 0 Å². The first-order valence-corrected chi connectivity index (χ1v) is 27.8. The SMILES string of the molecule is C1C2CC3CC1CC1(C2)OC31.C1CC2CC1C1OC21.C1CCC2C(C1)CC1OC12.C1CCC2C(C1)CCC1OC12.CC1(C)C2CCC1(C)C1OC21.CC1(C)C2CCC1C1(C)OC21. The molecule has 346 valence electrons. The Balaban J connectivity index is 0.0000000728. The second-order valence-electron chi connectivity index (χ2n) is 27.7. The predicted octanol–water partition coefficient (Wildman–Crippen LogP) is 11.9. The second-order valence-corrected chi connectivity index (χ2v) is 27.7. The van der Waals surface area contributed by atoms with Gasteiger partial charge in [-0.2, -0.15) is 0 Å². The van der Waals surface area contributed by atoms with E-state index in [2.05, 4.69) is 41.5 Å². The molecule has 6 saturated heterocycles. The van der Waals surface area contributed by atoms with Crippen LogP contribution in [0.1, 0.15) is 189 Å². The molecular weight excluding hydrogens is 769 g/mol. The molecule has 6 heteroatoms. The van der Waals surface area contributed by atoms with Gasteiger partial charge in [0.05, 0.1) is 72.2 Å². The summed E-state index contributed by atoms with van der Waals surface area (Å²) in [4.78, 5) is 0. The van der Waals surface area contributed by atoms with Crippen LogP contribution in [0, 0.1) is 87.3 Å². The molecule has 6 aliphatic heterocycles. The van der Waals surface area contributed by atoms with Gasteiger partial charge in [-0.15, -0.1) is 0 Å². The molecule has 62 heavy (non-hydrogen) atoms. The van der Waals surface area contributed by atoms with Crippen LogP contribution in [0.15, 0.2) is 0 Å². The van der Waals surface area contributed by atoms with Gasteiger partial charge in [0.25, 0.3) is 0 Å². The smallest absolute Gasteiger partial charge is 0.0956 e. The zero-order chi connectivity index (χ0) is 41.7. The van der Waals surface area contributed by atoms with E-state index in [0.717, 1.165) is 95.4 Å². The van der Waals surface area contributed by atoms with Crippen LogP contribution in [0.3, 0.4) is 0 Å². The summed E-state index contributed by atoms with van der Waals surface area (Å²) < 4.78 is 33.9. The molecule has 23 atom stereocenters. The van der Waals surface area contributed by atoms with Crippen molar-refractivity contribution in [2.45, 2.75) is 261 Å². The van der Waals surface area contributed by atoms with E-state index < -0.39 is 0 Å². The third-order valence-corrected chi connectivity index (χ3v) is 24.3. The number of hydrogen-bond acceptors (Lipinski definition) is 6. The largest absolute Gasteiger partial charge is 0.369 e. The minimum absolute atomic E-state index is 0.312. The van der Waals surface area contributed by atoms with Gasteiger partial charge in [0.1, 0.15) is 0 Å². The molecule has 6 heterocycles. The number of ether oxygens (including phenoxy) is 6. The van der Waals surface area contributed by atoms with Crippen molar-refractivity contribution in [3.63, 3.8) is 0 Å². The molecular formula is C56H86O6. The monoisotopic (exact) mass is 855 g/mol. The van der Waals surface area contributed by atoms with Crippen molar-refractivity contribution in [1.82, 2.24) is 0 Å². The van der Waals surface area contributed by atoms with Crippen LogP contribution in [0.4, 0.5) is 0 Å². The molecule has 20 aliphatic rings. The molecule has 14 saturated carbocycles. The molecule has 14 aliphatic carbocycles. The highest BCUT2D eigenvalue weighted by Gasteiger charge is 2.76. The Morgan fingerprint density at radius 2 is 1.08 bits per heavy atom. The zero-order valence-corrected chi connectivity index (χ0v) is 39.9. The van der Waals surface area contributed by atoms with Crippen LogP contribution in [0.2, 0.25) is 0 Å². The van der Waals surface area contributed by atoms with Crippen molar-refractivity contribution in [2.75, 3.05) is 0 Å². The Morgan fingerprint density at radius 1 is 0.419 bits per heavy atom. The van der Waals surface area contributed by atoms with Gasteiger partial charge in [-0.05, 0) is 204 Å². The Labute approximate surface area is 375 Å². The highest BCUT2D eigenvalue weighted by molar-refractivity contribution is 5.24. The quantitative estimate of drug-likeness (QED) is 0.226. The van der Waals surface area contributed by atoms with Crippen LogP contribution in [-0.4, -0.2) is 72.2 Å². The van der Waals surface area contributed by atoms with Crippen molar-refractivity contribution in [1.29, 1.82) is 0 Å². The van der Waals surface area contributed by atoms with Crippen molar-refractivity contribution < 1.29 is 28.4 Å². The summed E-state index contributed by atoms with van der Waals surface area (Å²) in [5.74, 6) is 11.8. The third-order valence-electron chi connectivity index (χ3n) is 24.3. The molecule has 6 nitrogen and oxygen atoms in total. The number of fused-ring (bicyclic) bond motifs is 21. The lowest BCUT2D eigenvalue weighted by Crippen LogP contribution is -2.44. The highest BCUT2D eigenvalue weighted by atomic mass is 16.6. The number of epoxide rings is 6. The Bertz CT molecular complexity index is 1730. The topological polar surface area (TPSA) is 75.2 Å². The van der Waals surface area contributed by atoms with E-state index in [0.29, 0.717) is 64.1 Å². The summed E-state index contributed by atoms with van der Waals surface area (Å²) in [5.41, 5.74) is 2.43. The van der Waals surface area contributed by atoms with E-state index in [1.807, 2.05) is 0 Å². The summed E-state index contributed by atoms with van der Waals surface area (Å²) >= 11 is 0. The van der Waals surface area contributed by atoms with Crippen LogP contribution in [0.25, 0.3) is 0 Å². The van der Waals surface area contributed by atoms with Crippen molar-refractivity contribution in [3.05, 3.63) is 0 Å². The maximum absolute atomic E-state index is 5.89. The molecule has 23 unspecified atom stereocenters. The van der Waals surface area contributed by atoms with Gasteiger partial charge < -0.3 is 28.4 Å². The molecule has 1 spiro atoms. The van der Waals surface area contributed by atoms with Gasteiger partial charge in [0.2, 0.25) is 0 Å². The van der Waals surface area contributed by atoms with Gasteiger partial charge in [-0.3, -0.25) is 0 Å². The fourth-order valence-electron chi connectivity index (χ4n) is 20.5. The molecule has 0 N–H and O–H groups in total. The molecule has 0 aromatic heterocycles. The number of rotatable bonds is 0. The second kappa shape index (κ2) is 13.9. The summed E-state index contributed by atoms with van der Waals surface area (Å²) in [6.07, 6.45) is 40.5. The lowest BCUT2D eigenvalue weighted by molar-refractivity contribution is 0.0499. The predicted molar refractivity (Wildman–Crippen MR) is 239 cm³/mol. The average Bonchev–Trinajstić information content (AvgIpc) is 4.00. The average molecular weight is 855 g/mol. The molecule has 0 aromatic carbocycles. The molecule has 10 bridgehead atoms. The van der Waals surface area contributed by atoms with E-state index in [4.69, 9.17) is 28.4 Å². The standard InChI is InChI=1S/C10H14O.3C10H16O.C9H14O.C7H10O/c1-6-2-8-3-7(1)5-10(4-6)9(8)11-10;1-9(2)6-4-5-10(9,3)8-7(6)11-8;1-9(2)6-4-5-7(9)10(3)8(6)11-10;1-2-4-8-7(3-1)5-6-9-10(8)11-9;1-2-4-7-6(3-1)5-8-9(7)10-8;1-2-5-3-4(1)6-7(5)8-6/h6-9H,1-5H2;2*6-8H,4-5H2,1-3H3;7-10H,1-6H2;6-9H,1-5H2;4-7H,1-3H2. The Morgan fingerprint density at radius 3 is 1.65 bits per heavy atom. The maximum atomic E-state index is 5.89. The number of hydrogen-bond donors (Lipinski definition) is 0. The van der Waals surface area contributed by atoms with Gasteiger partial charge in [0, 0.05) is 5.41 Å². The normalized spacial score (nSPS) is 62.2. The lowest BCUT2D eigenvalue weighted by Gasteiger charge is -2.46. The van der Waals surface area contributed by atoms with Crippen LogP contribution in [-0.2, 0) is 28.4 Å². The van der Waals surface area contributed by atoms with E-state index in [1.54, 1.807) is 0 Å². The summed E-state index contributed by atoms with van der Waals surface area (Å²) in [6, 6.07) is 0. The molecule has 0 aromatic rings. The third kappa shape index (κ3) is 6.25. The first kappa shape index (κ1) is 40.8. The minimum Gasteiger partial charge on any atom is -0.369 e. The summed E-state index contributed by atoms with van der Waals surface area (Å²) in [6.45, 7) is 14.4. The molecule has 0 amide bonds. The van der Waals surface area contributed by atoms with Crippen molar-refractivity contribution in [2.24, 2.45) is 87.3 Å². The first-order valence-electron chi connectivity index (χ1n) is 27.8. The molecule has 0 radical (unpaired) electrons. The van der Waals surface area contributed by atoms with Crippen molar-refractivity contribution in [3.8, 4) is 0 Å². The lowest BCUT2D eigenvalue weighted by atomic mass is 9.56. The maximum Gasteiger partial charge on any atom is 0.0956 e. The van der Waals surface area contributed by atoms with E-state index >= 15 is 0 Å².